The number of hydrogen-bond acceptors (Lipinski definition) is 3. The third-order valence-electron chi connectivity index (χ3n) is 3.55. The van der Waals surface area contributed by atoms with Crippen molar-refractivity contribution in [2.24, 2.45) is 0 Å². The molecule has 2 N–H and O–H groups in total. The van der Waals surface area contributed by atoms with E-state index in [9.17, 15) is 9.59 Å². The van der Waals surface area contributed by atoms with Gasteiger partial charge in [0.15, 0.2) is 0 Å². The molecular weight excluding hydrogens is 258 g/mol. The van der Waals surface area contributed by atoms with Gasteiger partial charge >= 0.3 is 11.9 Å². The Labute approximate surface area is 122 Å². The molecule has 5 nitrogen and oxygen atoms in total. The highest BCUT2D eigenvalue weighted by atomic mass is 16.4. The van der Waals surface area contributed by atoms with Gasteiger partial charge in [0.25, 0.3) is 0 Å². The van der Waals surface area contributed by atoms with Gasteiger partial charge < -0.3 is 10.2 Å². The molecule has 1 unspecified atom stereocenters. The second-order valence-corrected chi connectivity index (χ2v) is 5.41. The number of aliphatic carboxylic acids is 2. The summed E-state index contributed by atoms with van der Waals surface area (Å²) >= 11 is 0. The monoisotopic (exact) mass is 287 g/mol. The molecular formula is C15H29NO4. The Morgan fingerprint density at radius 1 is 0.950 bits per heavy atom. The van der Waals surface area contributed by atoms with Crippen molar-refractivity contribution in [2.75, 3.05) is 13.6 Å². The largest absolute Gasteiger partial charge is 0.481 e. The molecule has 0 rings (SSSR count). The van der Waals surface area contributed by atoms with E-state index in [2.05, 4.69) is 6.92 Å². The van der Waals surface area contributed by atoms with E-state index in [1.54, 1.807) is 11.9 Å². The van der Waals surface area contributed by atoms with Crippen LogP contribution < -0.4 is 0 Å². The summed E-state index contributed by atoms with van der Waals surface area (Å²) in [5, 5.41) is 17.7. The maximum Gasteiger partial charge on any atom is 0.321 e. The van der Waals surface area contributed by atoms with Crippen LogP contribution in [0.25, 0.3) is 0 Å². The zero-order valence-electron chi connectivity index (χ0n) is 12.8. The standard InChI is InChI=1S/C15H29NO4/c1-3-4-5-6-7-8-9-10-11-16(2)13(15(19)20)12-14(17)18/h13H,3-12H2,1-2H3,(H,17,18)(H,19,20). The third kappa shape index (κ3) is 9.78. The second kappa shape index (κ2) is 11.7. The first-order chi connectivity index (χ1) is 9.49. The van der Waals surface area contributed by atoms with Gasteiger partial charge in [-0.15, -0.1) is 0 Å². The van der Waals surface area contributed by atoms with Crippen LogP contribution in [-0.4, -0.2) is 46.7 Å². The Bertz CT molecular complexity index is 281. The van der Waals surface area contributed by atoms with E-state index in [-0.39, 0.29) is 6.42 Å². The summed E-state index contributed by atoms with van der Waals surface area (Å²) in [6.45, 7) is 2.84. The molecule has 0 heterocycles. The van der Waals surface area contributed by atoms with Crippen LogP contribution in [0.4, 0.5) is 0 Å². The lowest BCUT2D eigenvalue weighted by Crippen LogP contribution is -2.40. The van der Waals surface area contributed by atoms with Crippen LogP contribution in [0.15, 0.2) is 0 Å². The van der Waals surface area contributed by atoms with E-state index in [4.69, 9.17) is 10.2 Å². The van der Waals surface area contributed by atoms with Crippen LogP contribution in [0.3, 0.4) is 0 Å². The average molecular weight is 287 g/mol. The molecule has 0 aliphatic heterocycles. The van der Waals surface area contributed by atoms with E-state index in [1.807, 2.05) is 0 Å². The molecule has 1 atom stereocenters. The van der Waals surface area contributed by atoms with Gasteiger partial charge in [-0.3, -0.25) is 14.5 Å². The van der Waals surface area contributed by atoms with Crippen LogP contribution in [0.5, 0.6) is 0 Å². The summed E-state index contributed by atoms with van der Waals surface area (Å²) in [5.74, 6) is -2.13. The number of carboxylic acid groups (broad SMARTS) is 2. The lowest BCUT2D eigenvalue weighted by molar-refractivity contribution is -0.149. The first kappa shape index (κ1) is 18.9. The Hall–Kier alpha value is -1.10. The van der Waals surface area contributed by atoms with Gasteiger partial charge in [-0.1, -0.05) is 51.9 Å². The van der Waals surface area contributed by atoms with Crippen LogP contribution in [0.1, 0.15) is 64.7 Å². The minimum absolute atomic E-state index is 0.344. The number of carbonyl (C=O) groups is 2. The molecule has 0 aromatic heterocycles. The number of nitrogens with zero attached hydrogens (tertiary/aromatic N) is 1. The zero-order valence-corrected chi connectivity index (χ0v) is 12.8. The van der Waals surface area contributed by atoms with Crippen LogP contribution >= 0.6 is 0 Å². The summed E-state index contributed by atoms with van der Waals surface area (Å²) in [4.78, 5) is 23.3. The molecule has 0 aromatic rings. The Morgan fingerprint density at radius 2 is 1.45 bits per heavy atom. The molecule has 0 radical (unpaired) electrons. The maximum absolute atomic E-state index is 11.0. The van der Waals surface area contributed by atoms with Gasteiger partial charge in [0.1, 0.15) is 6.04 Å². The summed E-state index contributed by atoms with van der Waals surface area (Å²) in [6.07, 6.45) is 9.21. The molecule has 0 bridgehead atoms. The summed E-state index contributed by atoms with van der Waals surface area (Å²) in [6, 6.07) is -0.919. The number of likely N-dealkylation sites (N-methyl/N-ethyl adjacent to an activating group) is 1. The molecule has 0 saturated carbocycles. The fourth-order valence-electron chi connectivity index (χ4n) is 2.25. The van der Waals surface area contributed by atoms with E-state index in [1.165, 1.54) is 38.5 Å². The van der Waals surface area contributed by atoms with Gasteiger partial charge in [-0.05, 0) is 20.0 Å². The molecule has 0 aromatic carbocycles. The van der Waals surface area contributed by atoms with E-state index >= 15 is 0 Å². The quantitative estimate of drug-likeness (QED) is 0.509. The molecule has 20 heavy (non-hydrogen) atoms. The molecule has 5 heteroatoms. The first-order valence-corrected chi connectivity index (χ1v) is 7.63. The minimum atomic E-state index is -1.07. The van der Waals surface area contributed by atoms with Crippen LogP contribution in [0, 0.1) is 0 Å². The highest BCUT2D eigenvalue weighted by molar-refractivity contribution is 5.80. The number of carboxylic acids is 2. The molecule has 0 spiro atoms. The first-order valence-electron chi connectivity index (χ1n) is 7.63. The fraction of sp³-hybridized carbons (Fsp3) is 0.867. The van der Waals surface area contributed by atoms with Crippen molar-refractivity contribution in [3.05, 3.63) is 0 Å². The SMILES string of the molecule is CCCCCCCCCCN(C)C(CC(=O)O)C(=O)O. The Morgan fingerprint density at radius 3 is 1.90 bits per heavy atom. The normalized spacial score (nSPS) is 12.6. The zero-order chi connectivity index (χ0) is 15.4. The van der Waals surface area contributed by atoms with Gasteiger partial charge in [0.2, 0.25) is 0 Å². The smallest absolute Gasteiger partial charge is 0.321 e. The molecule has 0 fully saturated rings. The average Bonchev–Trinajstić information content (AvgIpc) is 2.38. The highest BCUT2D eigenvalue weighted by Gasteiger charge is 2.24. The predicted octanol–water partition coefficient (Wildman–Crippen LogP) is 2.99. The molecule has 0 aliphatic carbocycles. The molecule has 0 amide bonds. The predicted molar refractivity (Wildman–Crippen MR) is 78.9 cm³/mol. The lowest BCUT2D eigenvalue weighted by atomic mass is 10.1. The highest BCUT2D eigenvalue weighted by Crippen LogP contribution is 2.10. The van der Waals surface area contributed by atoms with Gasteiger partial charge in [-0.2, -0.15) is 0 Å². The number of rotatable bonds is 13. The summed E-state index contributed by atoms with van der Waals surface area (Å²) in [7, 11) is 1.68. The Balaban J connectivity index is 3.71. The molecule has 0 saturated heterocycles. The number of hydrogen-bond donors (Lipinski definition) is 2. The van der Waals surface area contributed by atoms with E-state index in [0.29, 0.717) is 6.54 Å². The summed E-state index contributed by atoms with van der Waals surface area (Å²) < 4.78 is 0. The van der Waals surface area contributed by atoms with Crippen molar-refractivity contribution >= 4 is 11.9 Å². The van der Waals surface area contributed by atoms with Crippen LogP contribution in [-0.2, 0) is 9.59 Å². The lowest BCUT2D eigenvalue weighted by Gasteiger charge is -2.23. The van der Waals surface area contributed by atoms with Gasteiger partial charge in [0, 0.05) is 0 Å². The molecule has 0 aliphatic rings. The molecule has 118 valence electrons. The Kier molecular flexibility index (Phi) is 11.1. The third-order valence-corrected chi connectivity index (χ3v) is 3.55. The minimum Gasteiger partial charge on any atom is -0.481 e. The topological polar surface area (TPSA) is 77.8 Å². The van der Waals surface area contributed by atoms with Crippen molar-refractivity contribution in [1.29, 1.82) is 0 Å². The fourth-order valence-corrected chi connectivity index (χ4v) is 2.25. The van der Waals surface area contributed by atoms with Crippen molar-refractivity contribution in [3.63, 3.8) is 0 Å². The van der Waals surface area contributed by atoms with Crippen LogP contribution in [0.2, 0.25) is 0 Å². The van der Waals surface area contributed by atoms with Gasteiger partial charge in [-0.25, -0.2) is 0 Å². The van der Waals surface area contributed by atoms with E-state index < -0.39 is 18.0 Å². The van der Waals surface area contributed by atoms with Crippen molar-refractivity contribution in [2.45, 2.75) is 70.8 Å². The van der Waals surface area contributed by atoms with Gasteiger partial charge in [0.05, 0.1) is 6.42 Å². The number of unbranched alkanes of at least 4 members (excludes halogenated alkanes) is 7. The second-order valence-electron chi connectivity index (χ2n) is 5.41. The summed E-state index contributed by atoms with van der Waals surface area (Å²) in [5.41, 5.74) is 0. The van der Waals surface area contributed by atoms with Crippen molar-refractivity contribution in [1.82, 2.24) is 4.90 Å². The van der Waals surface area contributed by atoms with Crippen molar-refractivity contribution < 1.29 is 19.8 Å². The van der Waals surface area contributed by atoms with E-state index in [0.717, 1.165) is 12.8 Å². The van der Waals surface area contributed by atoms with Crippen molar-refractivity contribution in [3.8, 4) is 0 Å². The maximum atomic E-state index is 11.0.